The summed E-state index contributed by atoms with van der Waals surface area (Å²) < 4.78 is 0. The first-order valence-corrected chi connectivity index (χ1v) is 6.19. The molecule has 1 heterocycles. The Morgan fingerprint density at radius 1 is 1.42 bits per heavy atom. The smallest absolute Gasteiger partial charge is 0.326 e. The Hall–Kier alpha value is -2.17. The number of carboxylic acids is 1. The highest BCUT2D eigenvalue weighted by molar-refractivity contribution is 5.82. The van der Waals surface area contributed by atoms with Crippen LogP contribution in [-0.2, 0) is 9.59 Å². The topological polar surface area (TPSA) is 78.8 Å². The lowest BCUT2D eigenvalue weighted by molar-refractivity contribution is -0.141. The lowest BCUT2D eigenvalue weighted by atomic mass is 10.0. The highest BCUT2D eigenvalue weighted by Gasteiger charge is 2.19. The molecule has 1 aromatic carbocycles. The van der Waals surface area contributed by atoms with Gasteiger partial charge in [-0.25, -0.2) is 4.79 Å². The predicted molar refractivity (Wildman–Crippen MR) is 70.0 cm³/mol. The summed E-state index contributed by atoms with van der Waals surface area (Å²) in [7, 11) is 0. The summed E-state index contributed by atoms with van der Waals surface area (Å²) >= 11 is 0. The Labute approximate surface area is 110 Å². The first-order chi connectivity index (χ1) is 9.08. The molecule has 1 aliphatic rings. The Morgan fingerprint density at radius 3 is 2.84 bits per heavy atom. The van der Waals surface area contributed by atoms with E-state index in [1.165, 1.54) is 6.92 Å². The average Bonchev–Trinajstić information content (AvgIpc) is 2.77. The van der Waals surface area contributed by atoms with E-state index < -0.39 is 12.0 Å². The number of nitrogens with one attached hydrogen (secondary N) is 1. The van der Waals surface area contributed by atoms with Gasteiger partial charge in [0, 0.05) is 12.1 Å². The molecule has 0 spiro atoms. The van der Waals surface area contributed by atoms with Crippen molar-refractivity contribution in [3.63, 3.8) is 0 Å². The molecule has 1 aliphatic heterocycles. The second-order valence-electron chi connectivity index (χ2n) is 4.57. The Morgan fingerprint density at radius 2 is 2.16 bits per heavy atom. The fraction of sp³-hybridized carbons (Fsp3) is 0.357. The highest BCUT2D eigenvalue weighted by Crippen LogP contribution is 2.10. The number of rotatable bonds is 5. The number of nitrogens with zero attached hydrogens (tertiary/aromatic N) is 1. The molecule has 2 N–H and O–H groups in total. The summed E-state index contributed by atoms with van der Waals surface area (Å²) in [6.45, 7) is 1.94. The highest BCUT2D eigenvalue weighted by atomic mass is 16.4. The summed E-state index contributed by atoms with van der Waals surface area (Å²) in [4.78, 5) is 26.4. The summed E-state index contributed by atoms with van der Waals surface area (Å²) in [6, 6.07) is 6.99. The molecule has 1 amide bonds. The van der Waals surface area contributed by atoms with Crippen molar-refractivity contribution in [1.82, 2.24) is 5.32 Å². The van der Waals surface area contributed by atoms with Gasteiger partial charge >= 0.3 is 5.97 Å². The van der Waals surface area contributed by atoms with E-state index in [1.807, 2.05) is 24.3 Å². The van der Waals surface area contributed by atoms with E-state index in [1.54, 1.807) is 0 Å². The summed E-state index contributed by atoms with van der Waals surface area (Å²) in [6.07, 6.45) is 1.01. The van der Waals surface area contributed by atoms with E-state index in [2.05, 4.69) is 10.3 Å². The monoisotopic (exact) mass is 260 g/mol. The maximum Gasteiger partial charge on any atom is 0.326 e. The van der Waals surface area contributed by atoms with E-state index in [0.29, 0.717) is 19.4 Å². The van der Waals surface area contributed by atoms with Gasteiger partial charge in [-0.15, -0.1) is 0 Å². The van der Waals surface area contributed by atoms with Crippen molar-refractivity contribution >= 4 is 17.4 Å². The van der Waals surface area contributed by atoms with Crippen LogP contribution in [0.2, 0.25) is 0 Å². The maximum atomic E-state index is 11.0. The molecule has 0 saturated carbocycles. The van der Waals surface area contributed by atoms with Gasteiger partial charge in [0.1, 0.15) is 6.04 Å². The molecule has 0 saturated heterocycles. The lowest BCUT2D eigenvalue weighted by Gasteiger charge is -2.13. The van der Waals surface area contributed by atoms with Crippen molar-refractivity contribution in [3.05, 3.63) is 34.8 Å². The molecule has 19 heavy (non-hydrogen) atoms. The Balaban J connectivity index is 2.09. The van der Waals surface area contributed by atoms with Crippen LogP contribution >= 0.6 is 0 Å². The number of aliphatic carboxylic acids is 1. The molecule has 1 aromatic rings. The van der Waals surface area contributed by atoms with Gasteiger partial charge in [-0.2, -0.15) is 0 Å². The maximum absolute atomic E-state index is 11.0. The third-order valence-corrected chi connectivity index (χ3v) is 3.14. The van der Waals surface area contributed by atoms with Crippen LogP contribution < -0.4 is 15.9 Å². The number of amides is 1. The molecular weight excluding hydrogens is 244 g/mol. The van der Waals surface area contributed by atoms with Crippen LogP contribution in [-0.4, -0.2) is 29.6 Å². The van der Waals surface area contributed by atoms with E-state index in [9.17, 15) is 9.59 Å². The van der Waals surface area contributed by atoms with Crippen molar-refractivity contribution < 1.29 is 14.7 Å². The number of para-hydroxylation sites is 1. The molecule has 5 heteroatoms. The molecule has 5 nitrogen and oxygen atoms in total. The second kappa shape index (κ2) is 5.65. The molecule has 0 radical (unpaired) electrons. The van der Waals surface area contributed by atoms with Gasteiger partial charge in [0.05, 0.1) is 11.9 Å². The minimum atomic E-state index is -1.00. The Kier molecular flexibility index (Phi) is 3.94. The van der Waals surface area contributed by atoms with Crippen molar-refractivity contribution in [1.29, 1.82) is 0 Å². The van der Waals surface area contributed by atoms with Crippen LogP contribution in [0, 0.1) is 0 Å². The number of carboxylic acid groups (broad SMARTS) is 1. The van der Waals surface area contributed by atoms with E-state index in [0.717, 1.165) is 16.1 Å². The number of hydrogen-bond donors (Lipinski definition) is 2. The lowest BCUT2D eigenvalue weighted by Crippen LogP contribution is -2.39. The zero-order valence-electron chi connectivity index (χ0n) is 10.7. The summed E-state index contributed by atoms with van der Waals surface area (Å²) in [5, 5.41) is 13.5. The van der Waals surface area contributed by atoms with Crippen molar-refractivity contribution in [2.75, 3.05) is 6.54 Å². The van der Waals surface area contributed by atoms with E-state index in [4.69, 9.17) is 5.11 Å². The number of benzene rings is 1. The number of carbonyl (C=O) groups is 2. The second-order valence-corrected chi connectivity index (χ2v) is 4.57. The van der Waals surface area contributed by atoms with Crippen molar-refractivity contribution in [3.8, 4) is 0 Å². The quantitative estimate of drug-likeness (QED) is 0.772. The third kappa shape index (κ3) is 3.19. The van der Waals surface area contributed by atoms with Gasteiger partial charge in [0.2, 0.25) is 5.91 Å². The van der Waals surface area contributed by atoms with Gasteiger partial charge in [-0.05, 0) is 24.5 Å². The van der Waals surface area contributed by atoms with Crippen LogP contribution in [0.5, 0.6) is 0 Å². The van der Waals surface area contributed by atoms with Crippen LogP contribution in [0.25, 0.3) is 5.57 Å². The number of fused-ring (bicyclic) bond motifs is 1. The number of hydrogen-bond acceptors (Lipinski definition) is 3. The third-order valence-electron chi connectivity index (χ3n) is 3.14. The molecule has 0 fully saturated rings. The van der Waals surface area contributed by atoms with Crippen LogP contribution in [0.15, 0.2) is 29.3 Å². The van der Waals surface area contributed by atoms with Gasteiger partial charge in [0.25, 0.3) is 0 Å². The minimum absolute atomic E-state index is 0.325. The fourth-order valence-corrected chi connectivity index (χ4v) is 2.21. The van der Waals surface area contributed by atoms with Crippen molar-refractivity contribution in [2.24, 2.45) is 4.99 Å². The van der Waals surface area contributed by atoms with Crippen LogP contribution in [0.1, 0.15) is 19.8 Å². The molecule has 0 unspecified atom stereocenters. The van der Waals surface area contributed by atoms with Gasteiger partial charge in [-0.3, -0.25) is 9.79 Å². The first kappa shape index (κ1) is 13.3. The number of carbonyl (C=O) groups excluding carboxylic acids is 1. The molecule has 0 aromatic heterocycles. The van der Waals surface area contributed by atoms with Gasteiger partial charge in [0.15, 0.2) is 0 Å². The van der Waals surface area contributed by atoms with Gasteiger partial charge in [-0.1, -0.05) is 18.2 Å². The minimum Gasteiger partial charge on any atom is -0.480 e. The Bertz CT molecular complexity index is 622. The molecule has 2 rings (SSSR count). The predicted octanol–water partition coefficient (Wildman–Crippen LogP) is -0.160. The van der Waals surface area contributed by atoms with Gasteiger partial charge < -0.3 is 10.4 Å². The van der Waals surface area contributed by atoms with E-state index >= 15 is 0 Å². The zero-order chi connectivity index (χ0) is 13.8. The first-order valence-electron chi connectivity index (χ1n) is 6.19. The SMILES string of the molecule is CC(=O)N[C@@H](CCC1=c2ccccc2=NC1)C(=O)O. The summed E-state index contributed by atoms with van der Waals surface area (Å²) in [5.74, 6) is -1.33. The molecule has 100 valence electrons. The van der Waals surface area contributed by atoms with Crippen LogP contribution in [0.3, 0.4) is 0 Å². The molecular formula is C14H16N2O3. The zero-order valence-corrected chi connectivity index (χ0v) is 10.7. The standard InChI is InChI=1S/C14H16N2O3/c1-9(17)16-13(14(18)19)7-6-10-8-15-12-5-3-2-4-11(10)12/h2-5,13H,6-8H2,1H3,(H,16,17)(H,18,19)/t13-/m0/s1. The largest absolute Gasteiger partial charge is 0.480 e. The molecule has 0 aliphatic carbocycles. The average molecular weight is 260 g/mol. The normalized spacial score (nSPS) is 14.5. The van der Waals surface area contributed by atoms with Crippen molar-refractivity contribution in [2.45, 2.75) is 25.8 Å². The fourth-order valence-electron chi connectivity index (χ4n) is 2.21. The molecule has 0 bridgehead atoms. The molecule has 1 atom stereocenters. The summed E-state index contributed by atoms with van der Waals surface area (Å²) in [5.41, 5.74) is 1.13. The van der Waals surface area contributed by atoms with E-state index in [-0.39, 0.29) is 5.91 Å². The van der Waals surface area contributed by atoms with Crippen LogP contribution in [0.4, 0.5) is 0 Å².